The largest absolute Gasteiger partial charge is 0.497 e. The number of halogens is 1. The van der Waals surface area contributed by atoms with Crippen molar-refractivity contribution in [3.63, 3.8) is 0 Å². The summed E-state index contributed by atoms with van der Waals surface area (Å²) < 4.78 is 57.4. The minimum Gasteiger partial charge on any atom is -0.497 e. The molecule has 5 rings (SSSR count). The smallest absolute Gasteiger partial charge is 0.341 e. The summed E-state index contributed by atoms with van der Waals surface area (Å²) in [5.41, 5.74) is 1.73. The second kappa shape index (κ2) is 12.2. The first-order valence-corrected chi connectivity index (χ1v) is 14.4. The van der Waals surface area contributed by atoms with Gasteiger partial charge < -0.3 is 14.2 Å². The highest BCUT2D eigenvalue weighted by atomic mass is 32.2. The molecule has 1 amide bonds. The number of nitrogens with zero attached hydrogens (tertiary/aromatic N) is 3. The minimum atomic E-state index is -3.98. The molecule has 0 N–H and O–H groups in total. The van der Waals surface area contributed by atoms with Gasteiger partial charge in [0.05, 0.1) is 42.5 Å². The van der Waals surface area contributed by atoms with E-state index in [2.05, 4.69) is 5.10 Å². The molecule has 3 aromatic rings. The number of sulfonamides is 1. The van der Waals surface area contributed by atoms with Crippen molar-refractivity contribution in [3.05, 3.63) is 95.3 Å². The Labute approximate surface area is 237 Å². The molecule has 0 saturated carbocycles. The second-order valence-corrected chi connectivity index (χ2v) is 11.3. The van der Waals surface area contributed by atoms with Gasteiger partial charge >= 0.3 is 5.97 Å². The number of morpholine rings is 1. The molecule has 12 heteroatoms. The molecule has 1 unspecified atom stereocenters. The number of benzene rings is 3. The Kier molecular flexibility index (Phi) is 8.43. The number of amides is 1. The average molecular weight is 582 g/mol. The summed E-state index contributed by atoms with van der Waals surface area (Å²) in [4.78, 5) is 25.9. The second-order valence-electron chi connectivity index (χ2n) is 9.38. The molecule has 2 heterocycles. The van der Waals surface area contributed by atoms with Crippen LogP contribution in [0.5, 0.6) is 5.75 Å². The molecule has 0 spiro atoms. The summed E-state index contributed by atoms with van der Waals surface area (Å²) in [6.45, 7) is 0.0339. The van der Waals surface area contributed by atoms with Gasteiger partial charge in [-0.2, -0.15) is 9.41 Å². The predicted molar refractivity (Wildman–Crippen MR) is 146 cm³/mol. The molecule has 214 valence electrons. The lowest BCUT2D eigenvalue weighted by atomic mass is 9.98. The summed E-state index contributed by atoms with van der Waals surface area (Å²) in [6, 6.07) is 19.0. The third kappa shape index (κ3) is 6.14. The molecule has 0 aliphatic carbocycles. The first-order chi connectivity index (χ1) is 19.8. The number of rotatable bonds is 8. The number of methoxy groups -OCH3 is 1. The topological polar surface area (TPSA) is 115 Å². The normalized spacial score (nSPS) is 17.7. The van der Waals surface area contributed by atoms with Crippen molar-refractivity contribution < 1.29 is 36.6 Å². The van der Waals surface area contributed by atoms with Gasteiger partial charge in [0.15, 0.2) is 6.61 Å². The third-order valence-electron chi connectivity index (χ3n) is 6.87. The Morgan fingerprint density at radius 2 is 1.73 bits per heavy atom. The molecule has 1 fully saturated rings. The summed E-state index contributed by atoms with van der Waals surface area (Å²) in [7, 11) is -2.42. The maximum Gasteiger partial charge on any atom is 0.341 e. The maximum absolute atomic E-state index is 14.6. The molecule has 2 aliphatic rings. The Morgan fingerprint density at radius 1 is 1.02 bits per heavy atom. The van der Waals surface area contributed by atoms with Gasteiger partial charge in [-0.3, -0.25) is 4.79 Å². The molecule has 2 aliphatic heterocycles. The Morgan fingerprint density at radius 3 is 2.41 bits per heavy atom. The molecule has 3 aromatic carbocycles. The van der Waals surface area contributed by atoms with E-state index in [1.165, 1.54) is 9.31 Å². The van der Waals surface area contributed by atoms with Crippen molar-refractivity contribution in [1.29, 1.82) is 0 Å². The van der Waals surface area contributed by atoms with Crippen LogP contribution in [0.4, 0.5) is 4.39 Å². The number of hydrazone groups is 1. The number of hydrogen-bond donors (Lipinski definition) is 0. The molecule has 0 bridgehead atoms. The number of ether oxygens (including phenoxy) is 3. The van der Waals surface area contributed by atoms with E-state index in [1.54, 1.807) is 19.2 Å². The molecular formula is C29H28FN3O7S. The lowest BCUT2D eigenvalue weighted by Crippen LogP contribution is -2.40. The molecule has 0 radical (unpaired) electrons. The van der Waals surface area contributed by atoms with E-state index in [0.717, 1.165) is 29.3 Å². The lowest BCUT2D eigenvalue weighted by molar-refractivity contribution is -0.136. The van der Waals surface area contributed by atoms with E-state index in [4.69, 9.17) is 14.2 Å². The van der Waals surface area contributed by atoms with Crippen LogP contribution in [0.15, 0.2) is 82.8 Å². The quantitative estimate of drug-likeness (QED) is 0.375. The maximum atomic E-state index is 14.6. The molecule has 41 heavy (non-hydrogen) atoms. The standard InChI is InChI=1S/C29H28FN3O7S/c1-38-22-9-7-21(8-10-22)27-18-26(20-5-3-2-4-6-20)31-33(27)28(34)19-40-29(35)24-17-23(11-12-25(24)30)41(36,37)32-13-15-39-16-14-32/h2-12,17,27H,13-16,18-19H2,1H3. The summed E-state index contributed by atoms with van der Waals surface area (Å²) in [6.07, 6.45) is 0.423. The zero-order chi connectivity index (χ0) is 29.0. The number of carbonyl (C=O) groups excluding carboxylic acids is 2. The zero-order valence-corrected chi connectivity index (χ0v) is 23.1. The monoisotopic (exact) mass is 581 g/mol. The summed E-state index contributed by atoms with van der Waals surface area (Å²) in [5.74, 6) is -2.10. The van der Waals surface area contributed by atoms with Gasteiger partial charge in [-0.15, -0.1) is 0 Å². The molecule has 10 nitrogen and oxygen atoms in total. The van der Waals surface area contributed by atoms with Gasteiger partial charge in [-0.25, -0.2) is 22.6 Å². The highest BCUT2D eigenvalue weighted by molar-refractivity contribution is 7.89. The van der Waals surface area contributed by atoms with Crippen molar-refractivity contribution in [1.82, 2.24) is 9.31 Å². The third-order valence-corrected chi connectivity index (χ3v) is 8.76. The van der Waals surface area contributed by atoms with Crippen molar-refractivity contribution >= 4 is 27.6 Å². The van der Waals surface area contributed by atoms with Gasteiger partial charge in [-0.05, 0) is 41.5 Å². The van der Waals surface area contributed by atoms with E-state index in [0.29, 0.717) is 17.9 Å². The highest BCUT2D eigenvalue weighted by Crippen LogP contribution is 2.33. The van der Waals surface area contributed by atoms with Crippen LogP contribution >= 0.6 is 0 Å². The first kappa shape index (κ1) is 28.4. The fourth-order valence-electron chi connectivity index (χ4n) is 4.66. The Hall–Kier alpha value is -4.13. The van der Waals surface area contributed by atoms with Crippen LogP contribution < -0.4 is 4.74 Å². The lowest BCUT2D eigenvalue weighted by Gasteiger charge is -2.26. The van der Waals surface area contributed by atoms with E-state index in [1.807, 2.05) is 42.5 Å². The summed E-state index contributed by atoms with van der Waals surface area (Å²) >= 11 is 0. The SMILES string of the molecule is COc1ccc(C2CC(c3ccccc3)=NN2C(=O)COC(=O)c2cc(S(=O)(=O)N3CCOCC3)ccc2F)cc1. The highest BCUT2D eigenvalue weighted by Gasteiger charge is 2.34. The number of esters is 1. The van der Waals surface area contributed by atoms with Crippen molar-refractivity contribution in [3.8, 4) is 5.75 Å². The fourth-order valence-corrected chi connectivity index (χ4v) is 6.09. The van der Waals surface area contributed by atoms with Crippen LogP contribution in [0.25, 0.3) is 0 Å². The van der Waals surface area contributed by atoms with E-state index in [9.17, 15) is 22.4 Å². The predicted octanol–water partition coefficient (Wildman–Crippen LogP) is 3.39. The van der Waals surface area contributed by atoms with Crippen molar-refractivity contribution in [2.45, 2.75) is 17.4 Å². The van der Waals surface area contributed by atoms with Crippen LogP contribution in [0.3, 0.4) is 0 Å². The molecule has 0 aromatic heterocycles. The van der Waals surface area contributed by atoms with Crippen molar-refractivity contribution in [2.24, 2.45) is 5.10 Å². The molecule has 1 atom stereocenters. The van der Waals surface area contributed by atoms with Crippen LogP contribution in [0.1, 0.15) is 33.9 Å². The van der Waals surface area contributed by atoms with Crippen LogP contribution in [-0.4, -0.2) is 75.3 Å². The van der Waals surface area contributed by atoms with Crippen molar-refractivity contribution in [2.75, 3.05) is 40.0 Å². The minimum absolute atomic E-state index is 0.144. The van der Waals surface area contributed by atoms with Gasteiger partial charge in [-0.1, -0.05) is 42.5 Å². The Balaban J connectivity index is 1.34. The molecular weight excluding hydrogens is 553 g/mol. The fraction of sp³-hybridized carbons (Fsp3) is 0.276. The average Bonchev–Trinajstić information content (AvgIpc) is 3.46. The zero-order valence-electron chi connectivity index (χ0n) is 22.2. The van der Waals surface area contributed by atoms with E-state index < -0.39 is 45.9 Å². The van der Waals surface area contributed by atoms with Crippen LogP contribution in [-0.2, 0) is 24.3 Å². The van der Waals surface area contributed by atoms with Crippen LogP contribution in [0.2, 0.25) is 0 Å². The molecule has 1 saturated heterocycles. The van der Waals surface area contributed by atoms with Crippen LogP contribution in [0, 0.1) is 5.82 Å². The first-order valence-electron chi connectivity index (χ1n) is 12.9. The van der Waals surface area contributed by atoms with E-state index >= 15 is 0 Å². The Bertz CT molecular complexity index is 1560. The van der Waals surface area contributed by atoms with Gasteiger partial charge in [0.2, 0.25) is 10.0 Å². The van der Waals surface area contributed by atoms with E-state index in [-0.39, 0.29) is 31.2 Å². The van der Waals surface area contributed by atoms with Gasteiger partial charge in [0, 0.05) is 19.5 Å². The number of hydrogen-bond acceptors (Lipinski definition) is 8. The van der Waals surface area contributed by atoms with Gasteiger partial charge in [0.25, 0.3) is 5.91 Å². The van der Waals surface area contributed by atoms with Gasteiger partial charge in [0.1, 0.15) is 11.6 Å². The summed E-state index contributed by atoms with van der Waals surface area (Å²) in [5, 5.41) is 5.79. The number of carbonyl (C=O) groups is 2.